The van der Waals surface area contributed by atoms with Crippen molar-refractivity contribution in [3.05, 3.63) is 65.9 Å². The summed E-state index contributed by atoms with van der Waals surface area (Å²) in [5.41, 5.74) is 4.50. The molecule has 3 aromatic rings. The quantitative estimate of drug-likeness (QED) is 0.687. The molecule has 2 aliphatic rings. The van der Waals surface area contributed by atoms with E-state index in [9.17, 15) is 0 Å². The van der Waals surface area contributed by atoms with E-state index in [0.29, 0.717) is 12.6 Å². The van der Waals surface area contributed by atoms with Gasteiger partial charge >= 0.3 is 0 Å². The summed E-state index contributed by atoms with van der Waals surface area (Å²) in [5, 5.41) is 7.78. The zero-order valence-electron chi connectivity index (χ0n) is 16.0. The van der Waals surface area contributed by atoms with Gasteiger partial charge in [-0.3, -0.25) is 4.99 Å². The second kappa shape index (κ2) is 6.74. The average molecular weight is 374 g/mol. The van der Waals surface area contributed by atoms with Gasteiger partial charge in [-0.15, -0.1) is 10.2 Å². The van der Waals surface area contributed by atoms with E-state index in [1.807, 2.05) is 36.7 Å². The first-order chi connectivity index (χ1) is 13.7. The van der Waals surface area contributed by atoms with Crippen LogP contribution in [0.1, 0.15) is 36.6 Å². The Bertz CT molecular complexity index is 1020. The lowest BCUT2D eigenvalue weighted by molar-refractivity contribution is 0.242. The zero-order chi connectivity index (χ0) is 19.1. The maximum absolute atomic E-state index is 5.87. The zero-order valence-corrected chi connectivity index (χ0v) is 16.0. The van der Waals surface area contributed by atoms with Gasteiger partial charge in [0.15, 0.2) is 0 Å². The van der Waals surface area contributed by atoms with Gasteiger partial charge in [-0.1, -0.05) is 6.07 Å². The topological polar surface area (TPSA) is 68.4 Å². The molecule has 142 valence electrons. The third-order valence-corrected chi connectivity index (χ3v) is 5.18. The Hall–Kier alpha value is -3.22. The minimum absolute atomic E-state index is 0.150. The molecule has 5 rings (SSSR count). The van der Waals surface area contributed by atoms with Crippen LogP contribution in [-0.4, -0.2) is 44.7 Å². The Morgan fingerprint density at radius 1 is 1.07 bits per heavy atom. The third-order valence-electron chi connectivity index (χ3n) is 5.18. The third kappa shape index (κ3) is 3.02. The molecule has 0 atom stereocenters. The van der Waals surface area contributed by atoms with Crippen molar-refractivity contribution in [1.29, 1.82) is 0 Å². The molecule has 7 nitrogen and oxygen atoms in total. The number of aromatic nitrogens is 4. The van der Waals surface area contributed by atoms with Crippen LogP contribution in [0.2, 0.25) is 0 Å². The lowest BCUT2D eigenvalue weighted by Crippen LogP contribution is -2.48. The molecule has 1 aromatic carbocycles. The lowest BCUT2D eigenvalue weighted by atomic mass is 10.00. The van der Waals surface area contributed by atoms with Gasteiger partial charge in [0, 0.05) is 30.4 Å². The molecule has 28 heavy (non-hydrogen) atoms. The molecule has 4 heterocycles. The highest BCUT2D eigenvalue weighted by molar-refractivity contribution is 6.15. The van der Waals surface area contributed by atoms with Crippen molar-refractivity contribution >= 4 is 11.5 Å². The van der Waals surface area contributed by atoms with Crippen LogP contribution in [0, 0.1) is 0 Å². The highest BCUT2D eigenvalue weighted by Crippen LogP contribution is 2.30. The number of rotatable bonds is 5. The molecular weight excluding hydrogens is 352 g/mol. The van der Waals surface area contributed by atoms with Gasteiger partial charge in [0.25, 0.3) is 0 Å². The van der Waals surface area contributed by atoms with Gasteiger partial charge in [-0.25, -0.2) is 4.98 Å². The average Bonchev–Trinajstić information content (AvgIpc) is 3.30. The van der Waals surface area contributed by atoms with Crippen molar-refractivity contribution in [2.75, 3.05) is 18.0 Å². The number of hydrogen-bond acceptors (Lipinski definition) is 6. The predicted molar refractivity (Wildman–Crippen MR) is 107 cm³/mol. The summed E-state index contributed by atoms with van der Waals surface area (Å²) in [6, 6.07) is 10.8. The molecule has 0 aliphatic carbocycles. The molecule has 0 radical (unpaired) electrons. The molecule has 1 saturated heterocycles. The lowest BCUT2D eigenvalue weighted by Gasteiger charge is -2.40. The maximum Gasteiger partial charge on any atom is 0.129 e. The summed E-state index contributed by atoms with van der Waals surface area (Å²) in [7, 11) is 0. The summed E-state index contributed by atoms with van der Waals surface area (Å²) in [4.78, 5) is 11.6. The predicted octanol–water partition coefficient (Wildman–Crippen LogP) is 2.87. The molecule has 0 spiro atoms. The number of anilines is 1. The second-order valence-electron chi connectivity index (χ2n) is 7.52. The Morgan fingerprint density at radius 2 is 1.89 bits per heavy atom. The molecule has 1 fully saturated rings. The van der Waals surface area contributed by atoms with E-state index in [2.05, 4.69) is 38.3 Å². The molecule has 2 aliphatic heterocycles. The van der Waals surface area contributed by atoms with Crippen LogP contribution in [0.15, 0.2) is 54.2 Å². The van der Waals surface area contributed by atoms with E-state index >= 15 is 0 Å². The highest BCUT2D eigenvalue weighted by atomic mass is 16.5. The molecule has 0 amide bonds. The van der Waals surface area contributed by atoms with E-state index in [1.165, 1.54) is 5.56 Å². The number of pyridine rings is 1. The van der Waals surface area contributed by atoms with Crippen molar-refractivity contribution in [3.8, 4) is 5.75 Å². The number of ether oxygens (including phenoxy) is 1. The molecule has 0 N–H and O–H groups in total. The number of hydrogen-bond donors (Lipinski definition) is 0. The van der Waals surface area contributed by atoms with E-state index < -0.39 is 0 Å². The summed E-state index contributed by atoms with van der Waals surface area (Å²) in [5.74, 6) is 1.87. The SMILES string of the molecule is CC(C)Oc1ccc2c(c1)C(c1ccnc(N3CC(n4cnnc4)C3)c1)=NC2. The number of nitrogens with zero attached hydrogens (tertiary/aromatic N) is 6. The Labute approximate surface area is 163 Å². The van der Waals surface area contributed by atoms with E-state index in [0.717, 1.165) is 41.5 Å². The van der Waals surface area contributed by atoms with Crippen LogP contribution in [0.4, 0.5) is 5.82 Å². The first kappa shape index (κ1) is 16.9. The fourth-order valence-corrected chi connectivity index (χ4v) is 3.72. The maximum atomic E-state index is 5.87. The number of benzene rings is 1. The molecule has 0 saturated carbocycles. The van der Waals surface area contributed by atoms with Gasteiger partial charge in [0.05, 0.1) is 24.4 Å². The first-order valence-electron chi connectivity index (χ1n) is 9.57. The van der Waals surface area contributed by atoms with Crippen molar-refractivity contribution in [2.24, 2.45) is 4.99 Å². The van der Waals surface area contributed by atoms with Gasteiger partial charge in [0.2, 0.25) is 0 Å². The fraction of sp³-hybridized carbons (Fsp3) is 0.333. The van der Waals surface area contributed by atoms with E-state index in [1.54, 1.807) is 12.7 Å². The monoisotopic (exact) mass is 374 g/mol. The smallest absolute Gasteiger partial charge is 0.129 e. The van der Waals surface area contributed by atoms with Gasteiger partial charge in [-0.2, -0.15) is 0 Å². The van der Waals surface area contributed by atoms with E-state index in [-0.39, 0.29) is 6.10 Å². The van der Waals surface area contributed by atoms with Crippen LogP contribution in [0.5, 0.6) is 5.75 Å². The first-order valence-corrected chi connectivity index (χ1v) is 9.57. The fourth-order valence-electron chi connectivity index (χ4n) is 3.72. The van der Waals surface area contributed by atoms with Gasteiger partial charge < -0.3 is 14.2 Å². The summed E-state index contributed by atoms with van der Waals surface area (Å²) >= 11 is 0. The van der Waals surface area contributed by atoms with Crippen molar-refractivity contribution in [1.82, 2.24) is 19.7 Å². The molecular formula is C21H22N6O. The van der Waals surface area contributed by atoms with Crippen molar-refractivity contribution in [3.63, 3.8) is 0 Å². The van der Waals surface area contributed by atoms with Gasteiger partial charge in [-0.05, 0) is 43.7 Å². The van der Waals surface area contributed by atoms with Crippen molar-refractivity contribution in [2.45, 2.75) is 32.5 Å². The Kier molecular flexibility index (Phi) is 4.07. The van der Waals surface area contributed by atoms with Crippen molar-refractivity contribution < 1.29 is 4.74 Å². The van der Waals surface area contributed by atoms with Crippen LogP contribution < -0.4 is 9.64 Å². The molecule has 2 aromatic heterocycles. The molecule has 7 heteroatoms. The number of fused-ring (bicyclic) bond motifs is 1. The molecule has 0 bridgehead atoms. The molecule has 0 unspecified atom stereocenters. The standard InChI is InChI=1S/C21H22N6O/c1-14(2)28-18-4-3-16-9-23-21(19(16)8-18)15-5-6-22-20(7-15)26-10-17(11-26)27-12-24-25-13-27/h3-8,12-14,17H,9-11H2,1-2H3. The summed E-state index contributed by atoms with van der Waals surface area (Å²) in [6.45, 7) is 6.60. The highest BCUT2D eigenvalue weighted by Gasteiger charge is 2.29. The minimum Gasteiger partial charge on any atom is -0.491 e. The normalized spacial score (nSPS) is 16.1. The number of aliphatic imine (C=N–C) groups is 1. The summed E-state index contributed by atoms with van der Waals surface area (Å²) in [6.07, 6.45) is 5.56. The van der Waals surface area contributed by atoms with Crippen LogP contribution in [0.25, 0.3) is 0 Å². The Balaban J connectivity index is 1.37. The van der Waals surface area contributed by atoms with Crippen LogP contribution >= 0.6 is 0 Å². The van der Waals surface area contributed by atoms with E-state index in [4.69, 9.17) is 9.73 Å². The summed E-state index contributed by atoms with van der Waals surface area (Å²) < 4.78 is 7.92. The van der Waals surface area contributed by atoms with Crippen LogP contribution in [0.3, 0.4) is 0 Å². The second-order valence-corrected chi connectivity index (χ2v) is 7.52. The van der Waals surface area contributed by atoms with Crippen LogP contribution in [-0.2, 0) is 6.54 Å². The van der Waals surface area contributed by atoms with Gasteiger partial charge in [0.1, 0.15) is 24.2 Å². The largest absolute Gasteiger partial charge is 0.491 e. The Morgan fingerprint density at radius 3 is 2.68 bits per heavy atom. The minimum atomic E-state index is 0.150.